The normalized spacial score (nSPS) is 19.0. The van der Waals surface area contributed by atoms with Crippen LogP contribution in [0.1, 0.15) is 12.0 Å². The molecule has 1 heterocycles. The molecule has 1 N–H and O–H groups in total. The van der Waals surface area contributed by atoms with E-state index in [1.165, 1.54) is 5.56 Å². The molecule has 1 fully saturated rings. The highest BCUT2D eigenvalue weighted by Gasteiger charge is 2.16. The van der Waals surface area contributed by atoms with Crippen LogP contribution in [0.2, 0.25) is 0 Å². The summed E-state index contributed by atoms with van der Waals surface area (Å²) in [4.78, 5) is 10.1. The Hall–Kier alpha value is -1.39. The molecule has 1 aromatic rings. The lowest BCUT2D eigenvalue weighted by Crippen LogP contribution is -2.30. The fourth-order valence-electron chi connectivity index (χ4n) is 1.38. The second kappa shape index (κ2) is 7.81. The summed E-state index contributed by atoms with van der Waals surface area (Å²) in [6.45, 7) is 3.58. The molecular weight excluding hydrogens is 220 g/mol. The van der Waals surface area contributed by atoms with Crippen molar-refractivity contribution in [1.29, 1.82) is 0 Å². The summed E-state index contributed by atoms with van der Waals surface area (Å²) < 4.78 is 10.1. The Labute approximate surface area is 101 Å². The fraction of sp³-hybridized carbons (Fsp3) is 0.462. The Morgan fingerprint density at radius 1 is 1.35 bits per heavy atom. The van der Waals surface area contributed by atoms with E-state index in [0.717, 1.165) is 0 Å². The van der Waals surface area contributed by atoms with Crippen molar-refractivity contribution in [3.05, 3.63) is 35.9 Å². The number of carbonyl (C=O) groups is 1. The van der Waals surface area contributed by atoms with Crippen molar-refractivity contribution >= 4 is 5.97 Å². The minimum Gasteiger partial charge on any atom is -0.481 e. The van der Waals surface area contributed by atoms with E-state index in [1.54, 1.807) is 0 Å². The molecule has 1 unspecified atom stereocenters. The van der Waals surface area contributed by atoms with Crippen LogP contribution < -0.4 is 0 Å². The van der Waals surface area contributed by atoms with Crippen molar-refractivity contribution < 1.29 is 19.4 Å². The number of hydrogen-bond acceptors (Lipinski definition) is 3. The van der Waals surface area contributed by atoms with E-state index < -0.39 is 5.97 Å². The Morgan fingerprint density at radius 3 is 2.47 bits per heavy atom. The Morgan fingerprint density at radius 2 is 2.06 bits per heavy atom. The maximum Gasteiger partial charge on any atom is 0.306 e. The maximum atomic E-state index is 10.1. The third kappa shape index (κ3) is 6.71. The molecule has 0 amide bonds. The number of hydrogen-bond donors (Lipinski definition) is 1. The van der Waals surface area contributed by atoms with Crippen molar-refractivity contribution in [2.75, 3.05) is 19.8 Å². The van der Waals surface area contributed by atoms with Gasteiger partial charge in [0.25, 0.3) is 0 Å². The fourth-order valence-corrected chi connectivity index (χ4v) is 1.38. The van der Waals surface area contributed by atoms with Gasteiger partial charge in [-0.25, -0.2) is 0 Å². The van der Waals surface area contributed by atoms with Gasteiger partial charge in [0.15, 0.2) is 0 Å². The first-order valence-corrected chi connectivity index (χ1v) is 5.61. The molecule has 1 aliphatic rings. The van der Waals surface area contributed by atoms with Gasteiger partial charge >= 0.3 is 5.97 Å². The molecule has 0 radical (unpaired) electrons. The van der Waals surface area contributed by atoms with E-state index in [0.29, 0.717) is 19.8 Å². The topological polar surface area (TPSA) is 55.8 Å². The predicted molar refractivity (Wildman–Crippen MR) is 64.0 cm³/mol. The van der Waals surface area contributed by atoms with Gasteiger partial charge in [-0.15, -0.1) is 0 Å². The summed E-state index contributed by atoms with van der Waals surface area (Å²) in [5.74, 6) is -0.837. The molecule has 1 atom stereocenters. The summed E-state index contributed by atoms with van der Waals surface area (Å²) in [6, 6.07) is 10.3. The molecule has 94 valence electrons. The zero-order valence-corrected chi connectivity index (χ0v) is 9.96. The highest BCUT2D eigenvalue weighted by molar-refractivity contribution is 5.67. The molecule has 0 aromatic heterocycles. The highest BCUT2D eigenvalue weighted by Crippen LogP contribution is 2.04. The van der Waals surface area contributed by atoms with Gasteiger partial charge in [-0.05, 0) is 6.92 Å². The van der Waals surface area contributed by atoms with Crippen LogP contribution in [0, 0.1) is 6.92 Å². The van der Waals surface area contributed by atoms with Crippen molar-refractivity contribution in [2.24, 2.45) is 0 Å². The maximum absolute atomic E-state index is 10.1. The molecule has 1 aliphatic heterocycles. The van der Waals surface area contributed by atoms with Gasteiger partial charge < -0.3 is 14.6 Å². The molecule has 2 rings (SSSR count). The van der Waals surface area contributed by atoms with Crippen LogP contribution >= 0.6 is 0 Å². The average molecular weight is 238 g/mol. The van der Waals surface area contributed by atoms with Crippen LogP contribution in [0.3, 0.4) is 0 Å². The first kappa shape index (κ1) is 13.7. The molecule has 0 aliphatic carbocycles. The summed E-state index contributed by atoms with van der Waals surface area (Å²) >= 11 is 0. The van der Waals surface area contributed by atoms with E-state index in [2.05, 4.69) is 19.1 Å². The van der Waals surface area contributed by atoms with E-state index in [1.807, 2.05) is 18.2 Å². The lowest BCUT2D eigenvalue weighted by atomic mass is 10.2. The molecule has 0 spiro atoms. The second-order valence-corrected chi connectivity index (χ2v) is 3.82. The first-order chi connectivity index (χ1) is 8.18. The first-order valence-electron chi connectivity index (χ1n) is 5.61. The van der Waals surface area contributed by atoms with Crippen LogP contribution in [0.5, 0.6) is 0 Å². The third-order valence-electron chi connectivity index (χ3n) is 2.23. The van der Waals surface area contributed by atoms with Gasteiger partial charge in [0, 0.05) is 0 Å². The van der Waals surface area contributed by atoms with Gasteiger partial charge in [0.2, 0.25) is 0 Å². The van der Waals surface area contributed by atoms with Gasteiger partial charge in [-0.1, -0.05) is 35.9 Å². The summed E-state index contributed by atoms with van der Waals surface area (Å²) in [5, 5.41) is 8.33. The van der Waals surface area contributed by atoms with Crippen LogP contribution in [0.25, 0.3) is 0 Å². The van der Waals surface area contributed by atoms with E-state index >= 15 is 0 Å². The molecule has 4 heteroatoms. The van der Waals surface area contributed by atoms with Crippen molar-refractivity contribution in [2.45, 2.75) is 19.4 Å². The molecule has 1 aromatic carbocycles. The van der Waals surface area contributed by atoms with E-state index in [4.69, 9.17) is 14.6 Å². The standard InChI is InChI=1S/C7H8.C6H10O4/c1-7-5-3-2-4-6-7;7-6(8)3-5-4-9-1-2-10-5/h2-6H,1H3;5H,1-4H2,(H,7,8). The van der Waals surface area contributed by atoms with Gasteiger partial charge in [-0.3, -0.25) is 4.79 Å². The number of benzene rings is 1. The zero-order valence-electron chi connectivity index (χ0n) is 9.96. The van der Waals surface area contributed by atoms with Crippen LogP contribution in [-0.4, -0.2) is 37.0 Å². The Balaban J connectivity index is 0.000000181. The molecular formula is C13H18O4. The molecule has 0 saturated carbocycles. The number of rotatable bonds is 2. The third-order valence-corrected chi connectivity index (χ3v) is 2.23. The van der Waals surface area contributed by atoms with Gasteiger partial charge in [-0.2, -0.15) is 0 Å². The molecule has 4 nitrogen and oxygen atoms in total. The largest absolute Gasteiger partial charge is 0.481 e. The van der Waals surface area contributed by atoms with Crippen molar-refractivity contribution in [3.63, 3.8) is 0 Å². The molecule has 0 bridgehead atoms. The average Bonchev–Trinajstić information content (AvgIpc) is 2.31. The summed E-state index contributed by atoms with van der Waals surface area (Å²) in [5.41, 5.74) is 1.32. The van der Waals surface area contributed by atoms with E-state index in [-0.39, 0.29) is 12.5 Å². The highest BCUT2D eigenvalue weighted by atomic mass is 16.6. The monoisotopic (exact) mass is 238 g/mol. The lowest BCUT2D eigenvalue weighted by Gasteiger charge is -2.20. The zero-order chi connectivity index (χ0) is 12.5. The number of aryl methyl sites for hydroxylation is 1. The number of carboxylic acids is 1. The smallest absolute Gasteiger partial charge is 0.306 e. The van der Waals surface area contributed by atoms with Crippen LogP contribution in [-0.2, 0) is 14.3 Å². The number of ether oxygens (including phenoxy) is 2. The van der Waals surface area contributed by atoms with E-state index in [9.17, 15) is 4.79 Å². The summed E-state index contributed by atoms with van der Waals surface area (Å²) in [6.07, 6.45) is -0.203. The quantitative estimate of drug-likeness (QED) is 0.854. The Bertz CT molecular complexity index is 317. The Kier molecular flexibility index (Phi) is 6.29. The minimum atomic E-state index is -0.837. The lowest BCUT2D eigenvalue weighted by molar-refractivity contribution is -0.146. The SMILES string of the molecule is Cc1ccccc1.O=C(O)CC1COCCO1. The molecule has 17 heavy (non-hydrogen) atoms. The van der Waals surface area contributed by atoms with Crippen molar-refractivity contribution in [1.82, 2.24) is 0 Å². The van der Waals surface area contributed by atoms with Crippen LogP contribution in [0.15, 0.2) is 30.3 Å². The summed E-state index contributed by atoms with van der Waals surface area (Å²) in [7, 11) is 0. The van der Waals surface area contributed by atoms with Crippen LogP contribution in [0.4, 0.5) is 0 Å². The number of carboxylic acid groups (broad SMARTS) is 1. The second-order valence-electron chi connectivity index (χ2n) is 3.82. The number of aliphatic carboxylic acids is 1. The molecule has 1 saturated heterocycles. The minimum absolute atomic E-state index is 0.0417. The van der Waals surface area contributed by atoms with Crippen molar-refractivity contribution in [3.8, 4) is 0 Å². The predicted octanol–water partition coefficient (Wildman–Crippen LogP) is 1.87. The van der Waals surface area contributed by atoms with Gasteiger partial charge in [0.1, 0.15) is 0 Å². The van der Waals surface area contributed by atoms with Gasteiger partial charge in [0.05, 0.1) is 32.3 Å².